The third-order valence-corrected chi connectivity index (χ3v) is 2.48. The van der Waals surface area contributed by atoms with Gasteiger partial charge in [-0.1, -0.05) is 12.1 Å². The summed E-state index contributed by atoms with van der Waals surface area (Å²) in [5.41, 5.74) is 8.25. The smallest absolute Gasteiger partial charge is 0.122 e. The maximum absolute atomic E-state index is 5.82. The number of methoxy groups -OCH3 is 2. The number of hydrogen-bond acceptors (Lipinski definition) is 3. The third-order valence-electron chi connectivity index (χ3n) is 2.48. The summed E-state index contributed by atoms with van der Waals surface area (Å²) in [6.07, 6.45) is 1.76. The molecule has 0 aliphatic rings. The minimum Gasteiger partial charge on any atom is -0.496 e. The lowest BCUT2D eigenvalue weighted by atomic mass is 10.0. The van der Waals surface area contributed by atoms with Crippen molar-refractivity contribution in [1.82, 2.24) is 0 Å². The highest BCUT2D eigenvalue weighted by Gasteiger charge is 2.06. The van der Waals surface area contributed by atoms with E-state index < -0.39 is 0 Å². The van der Waals surface area contributed by atoms with E-state index in [1.54, 1.807) is 14.2 Å². The molecule has 0 aromatic heterocycles. The Morgan fingerprint density at radius 2 is 2.06 bits per heavy atom. The van der Waals surface area contributed by atoms with Gasteiger partial charge in [-0.05, 0) is 37.0 Å². The van der Waals surface area contributed by atoms with E-state index in [0.29, 0.717) is 0 Å². The van der Waals surface area contributed by atoms with Gasteiger partial charge in [-0.3, -0.25) is 0 Å². The van der Waals surface area contributed by atoms with Crippen molar-refractivity contribution in [3.8, 4) is 5.75 Å². The number of nitrogens with two attached hydrogens (primary N) is 1. The molecule has 0 amide bonds. The number of hydrogen-bond donors (Lipinski definition) is 1. The Kier molecular flexibility index (Phi) is 5.29. The van der Waals surface area contributed by atoms with Gasteiger partial charge in [-0.15, -0.1) is 0 Å². The summed E-state index contributed by atoms with van der Waals surface area (Å²) in [6.45, 7) is 2.74. The summed E-state index contributed by atoms with van der Waals surface area (Å²) >= 11 is 0. The van der Waals surface area contributed by atoms with Crippen LogP contribution in [0, 0.1) is 0 Å². The zero-order valence-electron chi connectivity index (χ0n) is 10.3. The molecule has 0 bridgehead atoms. The maximum atomic E-state index is 5.82. The van der Waals surface area contributed by atoms with Crippen molar-refractivity contribution in [2.75, 3.05) is 20.8 Å². The molecule has 0 saturated carbocycles. The highest BCUT2D eigenvalue weighted by atomic mass is 16.5. The second kappa shape index (κ2) is 6.51. The van der Waals surface area contributed by atoms with E-state index in [1.165, 1.54) is 11.1 Å². The van der Waals surface area contributed by atoms with Gasteiger partial charge in [-0.25, -0.2) is 0 Å². The Hall–Kier alpha value is -1.06. The predicted octanol–water partition coefficient (Wildman–Crippen LogP) is 1.77. The maximum Gasteiger partial charge on any atom is 0.122 e. The van der Waals surface area contributed by atoms with E-state index in [0.717, 1.165) is 25.2 Å². The molecule has 3 nitrogen and oxygen atoms in total. The van der Waals surface area contributed by atoms with Gasteiger partial charge >= 0.3 is 0 Å². The molecule has 0 aliphatic carbocycles. The summed E-state index contributed by atoms with van der Waals surface area (Å²) in [5.74, 6) is 0.915. The number of ether oxygens (including phenoxy) is 2. The second-order valence-corrected chi connectivity index (χ2v) is 4.07. The van der Waals surface area contributed by atoms with Crippen LogP contribution < -0.4 is 10.5 Å². The molecule has 1 aromatic carbocycles. The van der Waals surface area contributed by atoms with Crippen LogP contribution in [0.1, 0.15) is 18.1 Å². The Morgan fingerprint density at radius 1 is 1.31 bits per heavy atom. The van der Waals surface area contributed by atoms with Crippen molar-refractivity contribution in [2.24, 2.45) is 5.73 Å². The molecule has 0 aliphatic heterocycles. The van der Waals surface area contributed by atoms with Crippen LogP contribution in [0.15, 0.2) is 18.2 Å². The molecule has 0 fully saturated rings. The zero-order chi connectivity index (χ0) is 12.0. The van der Waals surface area contributed by atoms with Crippen LogP contribution in [0.4, 0.5) is 0 Å². The summed E-state index contributed by atoms with van der Waals surface area (Å²) in [5, 5.41) is 0. The van der Waals surface area contributed by atoms with E-state index >= 15 is 0 Å². The molecule has 90 valence electrons. The lowest BCUT2D eigenvalue weighted by molar-refractivity contribution is 0.202. The fourth-order valence-corrected chi connectivity index (χ4v) is 1.71. The van der Waals surface area contributed by atoms with Crippen LogP contribution in [0.3, 0.4) is 0 Å². The van der Waals surface area contributed by atoms with Crippen LogP contribution >= 0.6 is 0 Å². The molecule has 16 heavy (non-hydrogen) atoms. The van der Waals surface area contributed by atoms with Gasteiger partial charge in [-0.2, -0.15) is 0 Å². The minimum atomic E-state index is 0.145. The molecule has 1 atom stereocenters. The van der Waals surface area contributed by atoms with Crippen LogP contribution in [0.5, 0.6) is 5.75 Å². The molecule has 3 heteroatoms. The first-order valence-electron chi connectivity index (χ1n) is 5.57. The number of rotatable bonds is 6. The molecule has 1 rings (SSSR count). The average Bonchev–Trinajstić information content (AvgIpc) is 2.26. The number of benzene rings is 1. The van der Waals surface area contributed by atoms with Crippen LogP contribution in [0.2, 0.25) is 0 Å². The molecule has 0 saturated heterocycles. The van der Waals surface area contributed by atoms with Crippen molar-refractivity contribution in [2.45, 2.75) is 25.8 Å². The zero-order valence-corrected chi connectivity index (χ0v) is 10.3. The highest BCUT2D eigenvalue weighted by Crippen LogP contribution is 2.21. The first-order valence-corrected chi connectivity index (χ1v) is 5.57. The molecule has 0 radical (unpaired) electrons. The normalized spacial score (nSPS) is 12.5. The predicted molar refractivity (Wildman–Crippen MR) is 65.9 cm³/mol. The van der Waals surface area contributed by atoms with E-state index in [4.69, 9.17) is 15.2 Å². The third kappa shape index (κ3) is 3.83. The fourth-order valence-electron chi connectivity index (χ4n) is 1.71. The topological polar surface area (TPSA) is 44.5 Å². The summed E-state index contributed by atoms with van der Waals surface area (Å²) in [6, 6.07) is 6.37. The molecular formula is C13H21NO2. The second-order valence-electron chi connectivity index (χ2n) is 4.07. The van der Waals surface area contributed by atoms with Crippen LogP contribution in [-0.4, -0.2) is 26.9 Å². The van der Waals surface area contributed by atoms with E-state index in [9.17, 15) is 0 Å². The quantitative estimate of drug-likeness (QED) is 0.799. The lowest BCUT2D eigenvalue weighted by Gasteiger charge is -2.12. The van der Waals surface area contributed by atoms with Crippen LogP contribution in [0.25, 0.3) is 0 Å². The van der Waals surface area contributed by atoms with Gasteiger partial charge in [0, 0.05) is 13.2 Å². The van der Waals surface area contributed by atoms with Gasteiger partial charge in [0.25, 0.3) is 0 Å². The molecule has 2 N–H and O–H groups in total. The van der Waals surface area contributed by atoms with Gasteiger partial charge in [0.1, 0.15) is 5.75 Å². The fraction of sp³-hybridized carbons (Fsp3) is 0.538. The van der Waals surface area contributed by atoms with Gasteiger partial charge in [0.2, 0.25) is 0 Å². The lowest BCUT2D eigenvalue weighted by Crippen LogP contribution is -2.18. The van der Waals surface area contributed by atoms with Gasteiger partial charge < -0.3 is 15.2 Å². The highest BCUT2D eigenvalue weighted by molar-refractivity contribution is 5.38. The Balaban J connectivity index is 2.83. The molecule has 0 spiro atoms. The average molecular weight is 223 g/mol. The first-order chi connectivity index (χ1) is 7.67. The van der Waals surface area contributed by atoms with E-state index in [2.05, 4.69) is 12.1 Å². The molecule has 0 heterocycles. The van der Waals surface area contributed by atoms with Crippen molar-refractivity contribution in [3.05, 3.63) is 29.3 Å². The summed E-state index contributed by atoms with van der Waals surface area (Å²) in [7, 11) is 3.40. The van der Waals surface area contributed by atoms with E-state index in [1.807, 2.05) is 13.0 Å². The molecule has 1 unspecified atom stereocenters. The summed E-state index contributed by atoms with van der Waals surface area (Å²) < 4.78 is 10.4. The molecule has 1 aromatic rings. The van der Waals surface area contributed by atoms with Crippen molar-refractivity contribution in [3.63, 3.8) is 0 Å². The summed E-state index contributed by atoms with van der Waals surface area (Å²) in [4.78, 5) is 0. The first kappa shape index (κ1) is 13.0. The standard InChI is InChI=1S/C13H21NO2/c1-10(14)8-12-9-11(6-7-15-2)4-5-13(12)16-3/h4-5,9-10H,6-8,14H2,1-3H3. The van der Waals surface area contributed by atoms with Gasteiger partial charge in [0.15, 0.2) is 0 Å². The van der Waals surface area contributed by atoms with E-state index in [-0.39, 0.29) is 6.04 Å². The van der Waals surface area contributed by atoms with Crippen molar-refractivity contribution in [1.29, 1.82) is 0 Å². The van der Waals surface area contributed by atoms with Crippen LogP contribution in [-0.2, 0) is 17.6 Å². The van der Waals surface area contributed by atoms with Crippen molar-refractivity contribution < 1.29 is 9.47 Å². The SMILES string of the molecule is COCCc1ccc(OC)c(CC(C)N)c1. The Labute approximate surface area is 97.6 Å². The van der Waals surface area contributed by atoms with Gasteiger partial charge in [0.05, 0.1) is 13.7 Å². The largest absolute Gasteiger partial charge is 0.496 e. The Bertz CT molecular complexity index is 324. The minimum absolute atomic E-state index is 0.145. The molecular weight excluding hydrogens is 202 g/mol. The van der Waals surface area contributed by atoms with Crippen molar-refractivity contribution >= 4 is 0 Å². The Morgan fingerprint density at radius 3 is 2.62 bits per heavy atom. The monoisotopic (exact) mass is 223 g/mol.